The van der Waals surface area contributed by atoms with Crippen LogP contribution in [0.15, 0.2) is 43.0 Å². The summed E-state index contributed by atoms with van der Waals surface area (Å²) < 4.78 is 0. The Morgan fingerprint density at radius 3 is 2.80 bits per heavy atom. The highest BCUT2D eigenvalue weighted by molar-refractivity contribution is 6.07. The maximum Gasteiger partial charge on any atom is 0.259 e. The fourth-order valence-electron chi connectivity index (χ4n) is 1.68. The van der Waals surface area contributed by atoms with E-state index in [1.165, 1.54) is 4.90 Å². The van der Waals surface area contributed by atoms with Crippen LogP contribution in [0.5, 0.6) is 0 Å². The Balaban J connectivity index is 2.34. The van der Waals surface area contributed by atoms with Crippen LogP contribution >= 0.6 is 0 Å². The van der Waals surface area contributed by atoms with E-state index in [9.17, 15) is 4.79 Å². The van der Waals surface area contributed by atoms with Gasteiger partial charge in [0.1, 0.15) is 0 Å². The highest BCUT2D eigenvalue weighted by Crippen LogP contribution is 2.15. The van der Waals surface area contributed by atoms with Gasteiger partial charge < -0.3 is 10.6 Å². The molecule has 0 saturated carbocycles. The van der Waals surface area contributed by atoms with E-state index in [4.69, 9.17) is 5.73 Å². The van der Waals surface area contributed by atoms with Crippen LogP contribution < -0.4 is 10.6 Å². The zero-order valence-corrected chi connectivity index (χ0v) is 11.1. The Bertz CT molecular complexity index is 658. The monoisotopic (exact) mass is 266 g/mol. The zero-order chi connectivity index (χ0) is 14.4. The molecule has 2 heterocycles. The topological polar surface area (TPSA) is 72.1 Å². The summed E-state index contributed by atoms with van der Waals surface area (Å²) >= 11 is 0. The molecule has 100 valence electrons. The quantitative estimate of drug-likeness (QED) is 0.825. The predicted molar refractivity (Wildman–Crippen MR) is 77.1 cm³/mol. The number of nitrogens with two attached hydrogens (primary N) is 1. The summed E-state index contributed by atoms with van der Waals surface area (Å²) in [5.41, 5.74) is 7.13. The molecular formula is C15H14N4O. The number of rotatable bonds is 2. The average Bonchev–Trinajstić information content (AvgIpc) is 2.52. The van der Waals surface area contributed by atoms with Gasteiger partial charge in [-0.1, -0.05) is 11.8 Å². The lowest BCUT2D eigenvalue weighted by Gasteiger charge is -2.17. The van der Waals surface area contributed by atoms with E-state index in [0.717, 1.165) is 0 Å². The predicted octanol–water partition coefficient (Wildman–Crippen LogP) is 1.06. The first-order valence-electron chi connectivity index (χ1n) is 6.05. The Kier molecular flexibility index (Phi) is 4.43. The molecule has 2 aromatic rings. The van der Waals surface area contributed by atoms with Crippen molar-refractivity contribution >= 4 is 11.6 Å². The Hall–Kier alpha value is -2.71. The summed E-state index contributed by atoms with van der Waals surface area (Å²) in [6.07, 6.45) is 6.42. The van der Waals surface area contributed by atoms with Crippen LogP contribution in [0.4, 0.5) is 5.69 Å². The van der Waals surface area contributed by atoms with Crippen LogP contribution in [0, 0.1) is 11.8 Å². The number of nitrogens with zero attached hydrogens (tertiary/aromatic N) is 3. The molecule has 2 aromatic heterocycles. The van der Waals surface area contributed by atoms with Crippen LogP contribution in [0.1, 0.15) is 15.9 Å². The van der Waals surface area contributed by atoms with Crippen LogP contribution in [-0.4, -0.2) is 29.5 Å². The summed E-state index contributed by atoms with van der Waals surface area (Å²) in [6.45, 7) is 0.237. The van der Waals surface area contributed by atoms with E-state index < -0.39 is 0 Å². The van der Waals surface area contributed by atoms with Crippen molar-refractivity contribution in [1.29, 1.82) is 0 Å². The van der Waals surface area contributed by atoms with Gasteiger partial charge in [-0.2, -0.15) is 0 Å². The molecule has 20 heavy (non-hydrogen) atoms. The van der Waals surface area contributed by atoms with Crippen LogP contribution in [0.25, 0.3) is 0 Å². The van der Waals surface area contributed by atoms with Crippen molar-refractivity contribution in [2.45, 2.75) is 0 Å². The van der Waals surface area contributed by atoms with Gasteiger partial charge >= 0.3 is 0 Å². The standard InChI is InChI=1S/C15H14N4O/c1-19(13-5-3-8-17-11-13)15(20)14-6-9-18-10-12(14)4-2-7-16/h3,5-6,8-11H,7,16H2,1H3. The highest BCUT2D eigenvalue weighted by atomic mass is 16.2. The minimum Gasteiger partial charge on any atom is -0.320 e. The number of pyridine rings is 2. The van der Waals surface area contributed by atoms with Crippen molar-refractivity contribution in [2.24, 2.45) is 5.73 Å². The van der Waals surface area contributed by atoms with Crippen molar-refractivity contribution in [1.82, 2.24) is 9.97 Å². The summed E-state index contributed by atoms with van der Waals surface area (Å²) in [5.74, 6) is 5.43. The first-order valence-corrected chi connectivity index (χ1v) is 6.05. The molecule has 5 heteroatoms. The number of hydrogen-bond acceptors (Lipinski definition) is 4. The SMILES string of the molecule is CN(C(=O)c1ccncc1C#CCN)c1cccnc1. The molecule has 0 aliphatic heterocycles. The van der Waals surface area contributed by atoms with Gasteiger partial charge in [0, 0.05) is 25.6 Å². The molecule has 5 nitrogen and oxygen atoms in total. The molecule has 2 rings (SSSR count). The van der Waals surface area contributed by atoms with Crippen LogP contribution in [0.3, 0.4) is 0 Å². The van der Waals surface area contributed by atoms with E-state index in [0.29, 0.717) is 16.8 Å². The minimum atomic E-state index is -0.165. The van der Waals surface area contributed by atoms with Crippen molar-refractivity contribution < 1.29 is 4.79 Å². The lowest BCUT2D eigenvalue weighted by Crippen LogP contribution is -2.27. The molecule has 0 atom stereocenters. The molecule has 2 N–H and O–H groups in total. The smallest absolute Gasteiger partial charge is 0.259 e. The number of amides is 1. The number of anilines is 1. The molecule has 0 bridgehead atoms. The zero-order valence-electron chi connectivity index (χ0n) is 11.1. The van der Waals surface area contributed by atoms with Gasteiger partial charge in [0.05, 0.1) is 29.6 Å². The molecule has 0 aromatic carbocycles. The van der Waals surface area contributed by atoms with E-state index in [1.54, 1.807) is 44.0 Å². The van der Waals surface area contributed by atoms with Crippen molar-refractivity contribution in [2.75, 3.05) is 18.5 Å². The Morgan fingerprint density at radius 1 is 1.30 bits per heavy atom. The summed E-state index contributed by atoms with van der Waals surface area (Å²) in [4.78, 5) is 22.0. The normalized spacial score (nSPS) is 9.50. The largest absolute Gasteiger partial charge is 0.320 e. The fraction of sp³-hybridized carbons (Fsp3) is 0.133. The van der Waals surface area contributed by atoms with Crippen LogP contribution in [0.2, 0.25) is 0 Å². The van der Waals surface area contributed by atoms with Gasteiger partial charge in [0.15, 0.2) is 0 Å². The van der Waals surface area contributed by atoms with Gasteiger partial charge in [-0.05, 0) is 18.2 Å². The summed E-state index contributed by atoms with van der Waals surface area (Å²) in [7, 11) is 1.69. The summed E-state index contributed by atoms with van der Waals surface area (Å²) in [5, 5.41) is 0. The van der Waals surface area contributed by atoms with E-state index in [2.05, 4.69) is 21.8 Å². The minimum absolute atomic E-state index is 0.165. The maximum absolute atomic E-state index is 12.5. The van der Waals surface area contributed by atoms with Gasteiger partial charge in [-0.15, -0.1) is 0 Å². The van der Waals surface area contributed by atoms with E-state index in [-0.39, 0.29) is 12.5 Å². The third-order valence-electron chi connectivity index (χ3n) is 2.71. The maximum atomic E-state index is 12.5. The third kappa shape index (κ3) is 2.99. The van der Waals surface area contributed by atoms with Gasteiger partial charge in [0.2, 0.25) is 0 Å². The molecular weight excluding hydrogens is 252 g/mol. The van der Waals surface area contributed by atoms with Gasteiger partial charge in [-0.25, -0.2) is 0 Å². The molecule has 0 fully saturated rings. The Morgan fingerprint density at radius 2 is 2.10 bits per heavy atom. The van der Waals surface area contributed by atoms with Crippen molar-refractivity contribution in [3.05, 3.63) is 54.1 Å². The molecule has 0 radical (unpaired) electrons. The van der Waals surface area contributed by atoms with Crippen LogP contribution in [-0.2, 0) is 0 Å². The number of carbonyl (C=O) groups is 1. The first kappa shape index (κ1) is 13.7. The second-order valence-corrected chi connectivity index (χ2v) is 4.00. The highest BCUT2D eigenvalue weighted by Gasteiger charge is 2.16. The molecule has 0 aliphatic carbocycles. The number of hydrogen-bond donors (Lipinski definition) is 1. The van der Waals surface area contributed by atoms with E-state index >= 15 is 0 Å². The van der Waals surface area contributed by atoms with Crippen molar-refractivity contribution in [3.63, 3.8) is 0 Å². The summed E-state index contributed by atoms with van der Waals surface area (Å²) in [6, 6.07) is 5.24. The van der Waals surface area contributed by atoms with Gasteiger partial charge in [0.25, 0.3) is 5.91 Å². The van der Waals surface area contributed by atoms with E-state index in [1.807, 2.05) is 6.07 Å². The lowest BCUT2D eigenvalue weighted by molar-refractivity contribution is 0.0992. The first-order chi connectivity index (χ1) is 9.74. The molecule has 0 aliphatic rings. The van der Waals surface area contributed by atoms with Crippen molar-refractivity contribution in [3.8, 4) is 11.8 Å². The number of aromatic nitrogens is 2. The third-order valence-corrected chi connectivity index (χ3v) is 2.71. The average molecular weight is 266 g/mol. The second kappa shape index (κ2) is 6.45. The molecule has 0 spiro atoms. The molecule has 0 saturated heterocycles. The lowest BCUT2D eigenvalue weighted by atomic mass is 10.1. The second-order valence-electron chi connectivity index (χ2n) is 4.00. The Labute approximate surface area is 117 Å². The molecule has 0 unspecified atom stereocenters. The number of carbonyl (C=O) groups excluding carboxylic acids is 1. The van der Waals surface area contributed by atoms with Gasteiger partial charge in [-0.3, -0.25) is 14.8 Å². The molecule has 1 amide bonds. The fourth-order valence-corrected chi connectivity index (χ4v) is 1.68.